The summed E-state index contributed by atoms with van der Waals surface area (Å²) in [5, 5.41) is 3.99. The van der Waals surface area contributed by atoms with E-state index in [1.165, 1.54) is 0 Å². The Hall–Kier alpha value is -1.86. The molecule has 2 aromatic rings. The maximum atomic E-state index is 12.2. The van der Waals surface area contributed by atoms with Crippen LogP contribution in [0.5, 0.6) is 5.75 Å². The molecule has 3 heterocycles. The summed E-state index contributed by atoms with van der Waals surface area (Å²) >= 11 is 1.64. The Morgan fingerprint density at radius 3 is 3.12 bits per heavy atom. The first-order valence-corrected chi connectivity index (χ1v) is 9.13. The number of hydrogen-bond acceptors (Lipinski definition) is 6. The number of anilines is 1. The smallest absolute Gasteiger partial charge is 0.226 e. The second kappa shape index (κ2) is 6.57. The van der Waals surface area contributed by atoms with Crippen molar-refractivity contribution in [3.05, 3.63) is 18.2 Å². The van der Waals surface area contributed by atoms with Gasteiger partial charge in [0.25, 0.3) is 0 Å². The fourth-order valence-corrected chi connectivity index (χ4v) is 4.13. The van der Waals surface area contributed by atoms with Gasteiger partial charge in [-0.05, 0) is 31.0 Å². The first-order valence-electron chi connectivity index (χ1n) is 8.32. The van der Waals surface area contributed by atoms with Crippen LogP contribution in [0.2, 0.25) is 0 Å². The molecule has 1 aromatic carbocycles. The largest absolute Gasteiger partial charge is 0.497 e. The van der Waals surface area contributed by atoms with Crippen LogP contribution in [0.4, 0.5) is 5.13 Å². The number of methoxy groups -OCH3 is 1. The Labute approximate surface area is 144 Å². The lowest BCUT2D eigenvalue weighted by molar-refractivity contribution is -0.126. The number of carbonyl (C=O) groups excluding carboxylic acids is 1. The summed E-state index contributed by atoms with van der Waals surface area (Å²) in [7, 11) is 1.67. The van der Waals surface area contributed by atoms with Gasteiger partial charge in [-0.1, -0.05) is 11.3 Å². The molecule has 0 saturated carbocycles. The lowest BCUT2D eigenvalue weighted by Gasteiger charge is -2.38. The van der Waals surface area contributed by atoms with E-state index < -0.39 is 0 Å². The van der Waals surface area contributed by atoms with Crippen molar-refractivity contribution in [1.82, 2.24) is 10.3 Å². The summed E-state index contributed by atoms with van der Waals surface area (Å²) in [5.74, 6) is 1.02. The number of fused-ring (bicyclic) bond motifs is 1. The topological polar surface area (TPSA) is 63.7 Å². The molecule has 4 rings (SSSR count). The van der Waals surface area contributed by atoms with Crippen molar-refractivity contribution in [3.8, 4) is 5.75 Å². The van der Waals surface area contributed by atoms with Crippen LogP contribution in [0.1, 0.15) is 12.8 Å². The fourth-order valence-electron chi connectivity index (χ4n) is 3.12. The van der Waals surface area contributed by atoms with Crippen LogP contribution in [-0.4, -0.2) is 50.3 Å². The zero-order valence-electron chi connectivity index (χ0n) is 13.7. The summed E-state index contributed by atoms with van der Waals surface area (Å²) in [6.07, 6.45) is 2.34. The molecule has 2 saturated heterocycles. The van der Waals surface area contributed by atoms with Gasteiger partial charge < -0.3 is 19.7 Å². The van der Waals surface area contributed by atoms with Gasteiger partial charge in [0.05, 0.1) is 29.3 Å². The maximum Gasteiger partial charge on any atom is 0.226 e. The summed E-state index contributed by atoms with van der Waals surface area (Å²) in [6, 6.07) is 5.89. The molecular weight excluding hydrogens is 326 g/mol. The highest BCUT2D eigenvalue weighted by molar-refractivity contribution is 7.22. The molecule has 128 valence electrons. The van der Waals surface area contributed by atoms with Crippen molar-refractivity contribution in [1.29, 1.82) is 0 Å². The number of benzene rings is 1. The van der Waals surface area contributed by atoms with E-state index in [9.17, 15) is 4.79 Å². The molecule has 6 nitrogen and oxygen atoms in total. The van der Waals surface area contributed by atoms with Gasteiger partial charge in [0.1, 0.15) is 5.75 Å². The van der Waals surface area contributed by atoms with Crippen molar-refractivity contribution < 1.29 is 14.3 Å². The van der Waals surface area contributed by atoms with Gasteiger partial charge in [0.15, 0.2) is 5.13 Å². The molecule has 1 N–H and O–H groups in total. The second-order valence-corrected chi connectivity index (χ2v) is 7.32. The quantitative estimate of drug-likeness (QED) is 0.897. The summed E-state index contributed by atoms with van der Waals surface area (Å²) in [6.45, 7) is 2.92. The monoisotopic (exact) mass is 347 g/mol. The van der Waals surface area contributed by atoms with Gasteiger partial charge >= 0.3 is 0 Å². The molecular formula is C17H21N3O3S. The average molecular weight is 347 g/mol. The zero-order chi connectivity index (χ0) is 16.5. The molecule has 1 atom stereocenters. The highest BCUT2D eigenvalue weighted by Gasteiger charge is 2.34. The van der Waals surface area contributed by atoms with Crippen molar-refractivity contribution >= 4 is 32.6 Å². The van der Waals surface area contributed by atoms with Crippen molar-refractivity contribution in [3.63, 3.8) is 0 Å². The molecule has 0 bridgehead atoms. The standard InChI is InChI=1S/C17H21N3O3S/c1-22-12-4-5-14-15(7-12)24-17(19-14)20-9-11(10-20)16(21)18-8-13-3-2-6-23-13/h4-5,7,11,13H,2-3,6,8-10H2,1H3,(H,18,21). The lowest BCUT2D eigenvalue weighted by atomic mass is 10.00. The van der Waals surface area contributed by atoms with Crippen LogP contribution < -0.4 is 15.0 Å². The van der Waals surface area contributed by atoms with Crippen molar-refractivity contribution in [2.75, 3.05) is 38.3 Å². The number of thiazole rings is 1. The van der Waals surface area contributed by atoms with E-state index in [1.54, 1.807) is 18.4 Å². The Morgan fingerprint density at radius 2 is 2.38 bits per heavy atom. The first-order chi connectivity index (χ1) is 11.7. The van der Waals surface area contributed by atoms with Crippen molar-refractivity contribution in [2.45, 2.75) is 18.9 Å². The molecule has 0 spiro atoms. The van der Waals surface area contributed by atoms with Crippen LogP contribution in [-0.2, 0) is 9.53 Å². The van der Waals surface area contributed by atoms with E-state index in [4.69, 9.17) is 9.47 Å². The summed E-state index contributed by atoms with van der Waals surface area (Å²) < 4.78 is 11.9. The Kier molecular flexibility index (Phi) is 4.28. The number of ether oxygens (including phenoxy) is 2. The van der Waals surface area contributed by atoms with E-state index in [2.05, 4.69) is 15.2 Å². The van der Waals surface area contributed by atoms with Gasteiger partial charge in [0.2, 0.25) is 5.91 Å². The van der Waals surface area contributed by atoms with E-state index >= 15 is 0 Å². The Bertz CT molecular complexity index is 736. The number of nitrogens with zero attached hydrogens (tertiary/aromatic N) is 2. The molecule has 0 aliphatic carbocycles. The molecule has 1 amide bonds. The molecule has 2 aliphatic rings. The van der Waals surface area contributed by atoms with Gasteiger partial charge in [0, 0.05) is 26.2 Å². The number of nitrogens with one attached hydrogen (secondary N) is 1. The number of amides is 1. The van der Waals surface area contributed by atoms with E-state index in [1.807, 2.05) is 18.2 Å². The fraction of sp³-hybridized carbons (Fsp3) is 0.529. The highest BCUT2D eigenvalue weighted by atomic mass is 32.1. The minimum Gasteiger partial charge on any atom is -0.497 e. The van der Waals surface area contributed by atoms with Crippen LogP contribution >= 0.6 is 11.3 Å². The molecule has 24 heavy (non-hydrogen) atoms. The maximum absolute atomic E-state index is 12.2. The lowest BCUT2D eigenvalue weighted by Crippen LogP contribution is -2.54. The van der Waals surface area contributed by atoms with Gasteiger partial charge in [-0.15, -0.1) is 0 Å². The predicted octanol–water partition coefficient (Wildman–Crippen LogP) is 2.04. The van der Waals surface area contributed by atoms with E-state index in [0.29, 0.717) is 6.54 Å². The number of aromatic nitrogens is 1. The summed E-state index contributed by atoms with van der Waals surface area (Å²) in [4.78, 5) is 19.0. The third-order valence-corrected chi connectivity index (χ3v) is 5.71. The Morgan fingerprint density at radius 1 is 1.50 bits per heavy atom. The van der Waals surface area contributed by atoms with Crippen molar-refractivity contribution in [2.24, 2.45) is 5.92 Å². The van der Waals surface area contributed by atoms with Gasteiger partial charge in [-0.3, -0.25) is 4.79 Å². The third kappa shape index (κ3) is 3.06. The number of hydrogen-bond donors (Lipinski definition) is 1. The number of rotatable bonds is 5. The van der Waals surface area contributed by atoms with Crippen LogP contribution in [0.25, 0.3) is 10.2 Å². The second-order valence-electron chi connectivity index (χ2n) is 6.31. The molecule has 2 fully saturated rings. The van der Waals surface area contributed by atoms with E-state index in [0.717, 1.165) is 53.6 Å². The first kappa shape index (κ1) is 15.7. The van der Waals surface area contributed by atoms with Gasteiger partial charge in [-0.2, -0.15) is 0 Å². The highest BCUT2D eigenvalue weighted by Crippen LogP contribution is 2.34. The summed E-state index contributed by atoms with van der Waals surface area (Å²) in [5.41, 5.74) is 0.974. The van der Waals surface area contributed by atoms with Crippen LogP contribution in [0, 0.1) is 5.92 Å². The minimum absolute atomic E-state index is 0.0490. The molecule has 1 aromatic heterocycles. The zero-order valence-corrected chi connectivity index (χ0v) is 14.5. The normalized spacial score (nSPS) is 21.0. The van der Waals surface area contributed by atoms with E-state index in [-0.39, 0.29) is 17.9 Å². The average Bonchev–Trinajstić information content (AvgIpc) is 3.20. The molecule has 2 aliphatic heterocycles. The third-order valence-electron chi connectivity index (χ3n) is 4.64. The van der Waals surface area contributed by atoms with Crippen LogP contribution in [0.15, 0.2) is 18.2 Å². The molecule has 1 unspecified atom stereocenters. The van der Waals surface area contributed by atoms with Gasteiger partial charge in [-0.25, -0.2) is 4.98 Å². The molecule has 0 radical (unpaired) electrons. The molecule has 7 heteroatoms. The number of carbonyl (C=O) groups is 1. The minimum atomic E-state index is 0.0490. The Balaban J connectivity index is 1.32. The van der Waals surface area contributed by atoms with Crippen LogP contribution in [0.3, 0.4) is 0 Å². The SMILES string of the molecule is COc1ccc2nc(N3CC(C(=O)NCC4CCCO4)C3)sc2c1. The predicted molar refractivity (Wildman–Crippen MR) is 93.9 cm³/mol.